The maximum absolute atomic E-state index is 12.6. The summed E-state index contributed by atoms with van der Waals surface area (Å²) >= 11 is 0. The molecule has 0 aliphatic carbocycles. The summed E-state index contributed by atoms with van der Waals surface area (Å²) in [5, 5.41) is 16.2. The quantitative estimate of drug-likeness (QED) is 0.882. The second-order valence-corrected chi connectivity index (χ2v) is 5.51. The van der Waals surface area contributed by atoms with Gasteiger partial charge in [-0.1, -0.05) is 6.07 Å². The molecule has 1 fully saturated rings. The maximum atomic E-state index is 12.6. The molecule has 1 saturated heterocycles. The van der Waals surface area contributed by atoms with Crippen molar-refractivity contribution in [2.45, 2.75) is 24.8 Å². The number of carboxylic acid groups (broad SMARTS) is 1. The number of fused-ring (bicyclic) bond motifs is 1. The van der Waals surface area contributed by atoms with Crippen molar-refractivity contribution in [3.05, 3.63) is 36.2 Å². The Labute approximate surface area is 126 Å². The van der Waals surface area contributed by atoms with Crippen LogP contribution in [0.5, 0.6) is 0 Å². The molecule has 1 amide bonds. The summed E-state index contributed by atoms with van der Waals surface area (Å²) in [6.45, 7) is 0.893. The van der Waals surface area contributed by atoms with Crippen LogP contribution in [0.1, 0.15) is 29.6 Å². The van der Waals surface area contributed by atoms with E-state index in [1.165, 1.54) is 6.20 Å². The van der Waals surface area contributed by atoms with Gasteiger partial charge >= 0.3 is 5.97 Å². The van der Waals surface area contributed by atoms with E-state index in [-0.39, 0.29) is 12.3 Å². The molecule has 116 valence electrons. The van der Waals surface area contributed by atoms with E-state index in [1.807, 2.05) is 12.1 Å². The molecular weight excluding hydrogens is 286 g/mol. The fourth-order valence-corrected chi connectivity index (χ4v) is 2.82. The first-order valence-electron chi connectivity index (χ1n) is 7.14. The minimum Gasteiger partial charge on any atom is -0.481 e. The molecule has 1 aliphatic rings. The molecular formula is C15H17N3O4. The van der Waals surface area contributed by atoms with E-state index in [1.54, 1.807) is 16.8 Å². The van der Waals surface area contributed by atoms with Gasteiger partial charge in [0.1, 0.15) is 0 Å². The van der Waals surface area contributed by atoms with Crippen molar-refractivity contribution in [1.82, 2.24) is 14.9 Å². The standard InChI is InChI=1S/C15H17N3O4/c19-13(20)9-15(4-7-22-8-5-15)17-14(21)11-10-16-18-6-2-1-3-12(11)18/h1-3,6,10H,4-5,7-9H2,(H,17,21)(H,19,20). The summed E-state index contributed by atoms with van der Waals surface area (Å²) < 4.78 is 6.90. The van der Waals surface area contributed by atoms with Crippen molar-refractivity contribution in [2.24, 2.45) is 0 Å². The molecule has 0 saturated carbocycles. The van der Waals surface area contributed by atoms with Crippen molar-refractivity contribution in [3.63, 3.8) is 0 Å². The lowest BCUT2D eigenvalue weighted by molar-refractivity contribution is -0.139. The van der Waals surface area contributed by atoms with Crippen molar-refractivity contribution >= 4 is 17.4 Å². The number of pyridine rings is 1. The molecule has 0 unspecified atom stereocenters. The van der Waals surface area contributed by atoms with Gasteiger partial charge in [0, 0.05) is 19.4 Å². The molecule has 1 aliphatic heterocycles. The molecule has 7 nitrogen and oxygen atoms in total. The lowest BCUT2D eigenvalue weighted by Crippen LogP contribution is -2.53. The normalized spacial score (nSPS) is 17.3. The second kappa shape index (κ2) is 5.76. The molecule has 3 rings (SSSR count). The Morgan fingerprint density at radius 1 is 1.36 bits per heavy atom. The van der Waals surface area contributed by atoms with Crippen LogP contribution < -0.4 is 5.32 Å². The third kappa shape index (κ3) is 2.80. The topological polar surface area (TPSA) is 92.9 Å². The van der Waals surface area contributed by atoms with Gasteiger partial charge < -0.3 is 15.2 Å². The van der Waals surface area contributed by atoms with E-state index < -0.39 is 11.5 Å². The number of carboxylic acids is 1. The molecule has 0 aromatic carbocycles. The van der Waals surface area contributed by atoms with Crippen molar-refractivity contribution < 1.29 is 19.4 Å². The largest absolute Gasteiger partial charge is 0.481 e. The molecule has 0 radical (unpaired) electrons. The zero-order valence-electron chi connectivity index (χ0n) is 12.0. The molecule has 22 heavy (non-hydrogen) atoms. The number of hydrogen-bond acceptors (Lipinski definition) is 4. The van der Waals surface area contributed by atoms with Gasteiger partial charge in [0.05, 0.1) is 29.2 Å². The Bertz CT molecular complexity index is 704. The third-order valence-corrected chi connectivity index (χ3v) is 3.99. The number of carbonyl (C=O) groups excluding carboxylic acids is 1. The Morgan fingerprint density at radius 3 is 2.86 bits per heavy atom. The highest BCUT2D eigenvalue weighted by molar-refractivity contribution is 6.01. The highest BCUT2D eigenvalue weighted by Crippen LogP contribution is 2.25. The van der Waals surface area contributed by atoms with Gasteiger partial charge in [0.25, 0.3) is 5.91 Å². The molecule has 2 N–H and O–H groups in total. The fourth-order valence-electron chi connectivity index (χ4n) is 2.82. The third-order valence-electron chi connectivity index (χ3n) is 3.99. The minimum atomic E-state index is -0.929. The number of rotatable bonds is 4. The maximum Gasteiger partial charge on any atom is 0.305 e. The molecule has 0 atom stereocenters. The van der Waals surface area contributed by atoms with Gasteiger partial charge in [-0.3, -0.25) is 9.59 Å². The fraction of sp³-hybridized carbons (Fsp3) is 0.400. The van der Waals surface area contributed by atoms with E-state index in [9.17, 15) is 9.59 Å². The Morgan fingerprint density at radius 2 is 2.14 bits per heavy atom. The van der Waals surface area contributed by atoms with Crippen LogP contribution in [-0.2, 0) is 9.53 Å². The van der Waals surface area contributed by atoms with E-state index in [0.29, 0.717) is 37.1 Å². The number of ether oxygens (including phenoxy) is 1. The Kier molecular flexibility index (Phi) is 3.81. The lowest BCUT2D eigenvalue weighted by Gasteiger charge is -2.36. The Hall–Kier alpha value is -2.41. The van der Waals surface area contributed by atoms with Crippen LogP contribution in [0.25, 0.3) is 5.52 Å². The lowest BCUT2D eigenvalue weighted by atomic mass is 9.86. The van der Waals surface area contributed by atoms with Gasteiger partial charge in [-0.15, -0.1) is 0 Å². The van der Waals surface area contributed by atoms with Crippen molar-refractivity contribution in [3.8, 4) is 0 Å². The van der Waals surface area contributed by atoms with Crippen LogP contribution >= 0.6 is 0 Å². The first-order valence-corrected chi connectivity index (χ1v) is 7.14. The monoisotopic (exact) mass is 303 g/mol. The average Bonchev–Trinajstić information content (AvgIpc) is 2.91. The number of nitrogens with zero attached hydrogens (tertiary/aromatic N) is 2. The molecule has 0 spiro atoms. The van der Waals surface area contributed by atoms with E-state index in [0.717, 1.165) is 0 Å². The first-order chi connectivity index (χ1) is 10.6. The van der Waals surface area contributed by atoms with Gasteiger partial charge in [0.2, 0.25) is 0 Å². The van der Waals surface area contributed by atoms with Crippen LogP contribution in [0.15, 0.2) is 30.6 Å². The molecule has 2 aromatic heterocycles. The van der Waals surface area contributed by atoms with Crippen molar-refractivity contribution in [1.29, 1.82) is 0 Å². The summed E-state index contributed by atoms with van der Waals surface area (Å²) in [5.41, 5.74) is 0.374. The molecule has 3 heterocycles. The number of amides is 1. The predicted molar refractivity (Wildman–Crippen MR) is 77.7 cm³/mol. The smallest absolute Gasteiger partial charge is 0.305 e. The number of nitrogens with one attached hydrogen (secondary N) is 1. The van der Waals surface area contributed by atoms with Crippen LogP contribution in [0.2, 0.25) is 0 Å². The van der Waals surface area contributed by atoms with Crippen LogP contribution in [-0.4, -0.2) is 45.3 Å². The average molecular weight is 303 g/mol. The first kappa shape index (κ1) is 14.5. The summed E-state index contributed by atoms with van der Waals surface area (Å²) in [6.07, 6.45) is 4.13. The molecule has 0 bridgehead atoms. The van der Waals surface area contributed by atoms with E-state index in [4.69, 9.17) is 9.84 Å². The highest BCUT2D eigenvalue weighted by Gasteiger charge is 2.37. The molecule has 7 heteroatoms. The zero-order chi connectivity index (χ0) is 15.6. The minimum absolute atomic E-state index is 0.110. The number of carbonyl (C=O) groups is 2. The summed E-state index contributed by atoms with van der Waals surface area (Å²) in [6, 6.07) is 5.46. The van der Waals surface area contributed by atoms with Crippen molar-refractivity contribution in [2.75, 3.05) is 13.2 Å². The van der Waals surface area contributed by atoms with Crippen LogP contribution in [0, 0.1) is 0 Å². The van der Waals surface area contributed by atoms with Gasteiger partial charge in [-0.25, -0.2) is 4.52 Å². The summed E-state index contributed by atoms with van der Waals surface area (Å²) in [4.78, 5) is 23.7. The summed E-state index contributed by atoms with van der Waals surface area (Å²) in [5.74, 6) is -1.23. The number of hydrogen-bond donors (Lipinski definition) is 2. The SMILES string of the molecule is O=C(O)CC1(NC(=O)c2cnn3ccccc23)CCOCC1. The highest BCUT2D eigenvalue weighted by atomic mass is 16.5. The van der Waals surface area contributed by atoms with Crippen LogP contribution in [0.4, 0.5) is 0 Å². The van der Waals surface area contributed by atoms with Gasteiger partial charge in [-0.05, 0) is 25.0 Å². The predicted octanol–water partition coefficient (Wildman–Crippen LogP) is 1.09. The van der Waals surface area contributed by atoms with Gasteiger partial charge in [-0.2, -0.15) is 5.10 Å². The molecule has 2 aromatic rings. The Balaban J connectivity index is 1.86. The van der Waals surface area contributed by atoms with Gasteiger partial charge in [0.15, 0.2) is 0 Å². The van der Waals surface area contributed by atoms with E-state index >= 15 is 0 Å². The van der Waals surface area contributed by atoms with E-state index in [2.05, 4.69) is 10.4 Å². The summed E-state index contributed by atoms with van der Waals surface area (Å²) in [7, 11) is 0. The number of aromatic nitrogens is 2. The van der Waals surface area contributed by atoms with Crippen LogP contribution in [0.3, 0.4) is 0 Å². The number of aliphatic carboxylic acids is 1. The zero-order valence-corrected chi connectivity index (χ0v) is 12.0. The second-order valence-electron chi connectivity index (χ2n) is 5.51.